The third-order valence-corrected chi connectivity index (χ3v) is 5.93. The van der Waals surface area contributed by atoms with Gasteiger partial charge in [0, 0.05) is 29.8 Å². The Hall–Kier alpha value is -2.90. The maximum atomic E-state index is 12.7. The number of ether oxygens (including phenoxy) is 1. The number of amides is 1. The maximum absolute atomic E-state index is 12.7. The lowest BCUT2D eigenvalue weighted by Crippen LogP contribution is -2.40. The van der Waals surface area contributed by atoms with Crippen molar-refractivity contribution in [1.29, 1.82) is 0 Å². The number of carbonyl (C=O) groups is 1. The van der Waals surface area contributed by atoms with Gasteiger partial charge in [-0.25, -0.2) is 4.98 Å². The zero-order chi connectivity index (χ0) is 19.6. The summed E-state index contributed by atoms with van der Waals surface area (Å²) in [6.07, 6.45) is 0. The molecule has 1 amide bonds. The lowest BCUT2D eigenvalue weighted by molar-refractivity contribution is 0.0303. The first kappa shape index (κ1) is 18.1. The van der Waals surface area contributed by atoms with E-state index in [2.05, 4.69) is 28.2 Å². The molecule has 2 aromatic carbocycles. The van der Waals surface area contributed by atoms with Crippen LogP contribution in [0.5, 0.6) is 0 Å². The fraction of sp³-hybridized carbons (Fsp3) is 0.227. The number of hydrogen-bond acceptors (Lipinski definition) is 5. The molecule has 6 nitrogen and oxygen atoms in total. The van der Waals surface area contributed by atoms with Crippen LogP contribution in [-0.2, 0) is 10.5 Å². The zero-order valence-electron chi connectivity index (χ0n) is 15.8. The fourth-order valence-electron chi connectivity index (χ4n) is 3.47. The van der Waals surface area contributed by atoms with Gasteiger partial charge in [0.1, 0.15) is 0 Å². The first-order chi connectivity index (χ1) is 14.3. The number of para-hydroxylation sites is 1. The van der Waals surface area contributed by atoms with Gasteiger partial charge in [-0.05, 0) is 30.3 Å². The standard InChI is InChI=1S/C22H20N4O2S/c27-21(26-9-11-28-12-10-26)16-6-8-19-20(13-16)25-22(24-19)29-14-17-7-5-15-3-1-2-4-18(15)23-17/h1-8,13H,9-12,14H2,(H,24,25). The van der Waals surface area contributed by atoms with Crippen LogP contribution in [-0.4, -0.2) is 52.1 Å². The molecule has 0 radical (unpaired) electrons. The van der Waals surface area contributed by atoms with Crippen molar-refractivity contribution in [2.45, 2.75) is 10.9 Å². The second-order valence-electron chi connectivity index (χ2n) is 6.96. The molecule has 1 aliphatic heterocycles. The minimum Gasteiger partial charge on any atom is -0.378 e. The van der Waals surface area contributed by atoms with Gasteiger partial charge in [0.15, 0.2) is 5.16 Å². The number of H-pyrrole nitrogens is 1. The summed E-state index contributed by atoms with van der Waals surface area (Å²) in [6.45, 7) is 2.47. The second kappa shape index (κ2) is 7.85. The largest absolute Gasteiger partial charge is 0.378 e. The van der Waals surface area contributed by atoms with E-state index in [-0.39, 0.29) is 5.91 Å². The quantitative estimate of drug-likeness (QED) is 0.523. The van der Waals surface area contributed by atoms with Crippen LogP contribution >= 0.6 is 11.8 Å². The summed E-state index contributed by atoms with van der Waals surface area (Å²) in [7, 11) is 0. The number of benzene rings is 2. The Kier molecular flexibility index (Phi) is 4.91. The maximum Gasteiger partial charge on any atom is 0.254 e. The third kappa shape index (κ3) is 3.83. The van der Waals surface area contributed by atoms with E-state index in [0.717, 1.165) is 38.5 Å². The van der Waals surface area contributed by atoms with Crippen molar-refractivity contribution in [2.24, 2.45) is 0 Å². The molecule has 7 heteroatoms. The number of aromatic nitrogens is 3. The molecule has 1 aliphatic rings. The number of nitrogens with zero attached hydrogens (tertiary/aromatic N) is 3. The van der Waals surface area contributed by atoms with Crippen LogP contribution in [0, 0.1) is 0 Å². The molecule has 1 saturated heterocycles. The molecule has 0 bridgehead atoms. The van der Waals surface area contributed by atoms with Gasteiger partial charge >= 0.3 is 0 Å². The van der Waals surface area contributed by atoms with Gasteiger partial charge < -0.3 is 14.6 Å². The van der Waals surface area contributed by atoms with Crippen LogP contribution in [0.15, 0.2) is 59.8 Å². The lowest BCUT2D eigenvalue weighted by Gasteiger charge is -2.26. The molecule has 0 spiro atoms. The lowest BCUT2D eigenvalue weighted by atomic mass is 10.1. The number of carbonyl (C=O) groups excluding carboxylic acids is 1. The van der Waals surface area contributed by atoms with Crippen LogP contribution in [0.4, 0.5) is 0 Å². The molecular weight excluding hydrogens is 384 g/mol. The van der Waals surface area contributed by atoms with E-state index in [0.29, 0.717) is 31.9 Å². The summed E-state index contributed by atoms with van der Waals surface area (Å²) < 4.78 is 5.33. The zero-order valence-corrected chi connectivity index (χ0v) is 16.6. The van der Waals surface area contributed by atoms with Crippen LogP contribution in [0.2, 0.25) is 0 Å². The van der Waals surface area contributed by atoms with Crippen molar-refractivity contribution >= 4 is 39.6 Å². The number of aromatic amines is 1. The monoisotopic (exact) mass is 404 g/mol. The predicted octanol–water partition coefficient (Wildman–Crippen LogP) is 3.88. The van der Waals surface area contributed by atoms with Crippen molar-refractivity contribution in [3.05, 3.63) is 65.9 Å². The van der Waals surface area contributed by atoms with E-state index in [1.54, 1.807) is 11.8 Å². The summed E-state index contributed by atoms with van der Waals surface area (Å²) >= 11 is 1.61. The number of hydrogen-bond donors (Lipinski definition) is 1. The molecule has 0 aliphatic carbocycles. The number of morpholine rings is 1. The van der Waals surface area contributed by atoms with Crippen molar-refractivity contribution in [2.75, 3.05) is 26.3 Å². The highest BCUT2D eigenvalue weighted by atomic mass is 32.2. The molecule has 1 fully saturated rings. The minimum absolute atomic E-state index is 0.0411. The average molecular weight is 404 g/mol. The number of rotatable bonds is 4. The van der Waals surface area contributed by atoms with Crippen LogP contribution in [0.25, 0.3) is 21.9 Å². The molecular formula is C22H20N4O2S. The van der Waals surface area contributed by atoms with Crippen LogP contribution in [0.1, 0.15) is 16.1 Å². The highest BCUT2D eigenvalue weighted by Gasteiger charge is 2.19. The van der Waals surface area contributed by atoms with Gasteiger partial charge in [-0.2, -0.15) is 0 Å². The summed E-state index contributed by atoms with van der Waals surface area (Å²) in [5.41, 5.74) is 4.42. The highest BCUT2D eigenvalue weighted by molar-refractivity contribution is 7.98. The summed E-state index contributed by atoms with van der Waals surface area (Å²) in [6, 6.07) is 17.9. The normalized spacial score (nSPS) is 14.6. The Morgan fingerprint density at radius 1 is 1.03 bits per heavy atom. The Labute approximate surface area is 172 Å². The number of fused-ring (bicyclic) bond motifs is 2. The first-order valence-electron chi connectivity index (χ1n) is 9.60. The molecule has 5 rings (SSSR count). The Morgan fingerprint density at radius 3 is 2.79 bits per heavy atom. The minimum atomic E-state index is 0.0411. The third-order valence-electron chi connectivity index (χ3n) is 5.02. The Bertz CT molecular complexity index is 1180. The fourth-order valence-corrected chi connectivity index (χ4v) is 4.26. The number of nitrogens with one attached hydrogen (secondary N) is 1. The van der Waals surface area contributed by atoms with Crippen molar-refractivity contribution in [1.82, 2.24) is 19.9 Å². The molecule has 146 valence electrons. The highest BCUT2D eigenvalue weighted by Crippen LogP contribution is 2.24. The Morgan fingerprint density at radius 2 is 1.90 bits per heavy atom. The number of thioether (sulfide) groups is 1. The van der Waals surface area contributed by atoms with Gasteiger partial charge in [0.25, 0.3) is 5.91 Å². The van der Waals surface area contributed by atoms with Crippen LogP contribution < -0.4 is 0 Å². The van der Waals surface area contributed by atoms with Crippen molar-refractivity contribution in [3.8, 4) is 0 Å². The van der Waals surface area contributed by atoms with E-state index in [4.69, 9.17) is 9.72 Å². The van der Waals surface area contributed by atoms with Crippen molar-refractivity contribution < 1.29 is 9.53 Å². The van der Waals surface area contributed by atoms with Crippen molar-refractivity contribution in [3.63, 3.8) is 0 Å². The molecule has 0 saturated carbocycles. The predicted molar refractivity (Wildman–Crippen MR) is 114 cm³/mol. The summed E-state index contributed by atoms with van der Waals surface area (Å²) in [5, 5.41) is 1.97. The van der Waals surface area contributed by atoms with E-state index in [1.807, 2.05) is 41.3 Å². The number of pyridine rings is 1. The van der Waals surface area contributed by atoms with Gasteiger partial charge in [-0.3, -0.25) is 9.78 Å². The second-order valence-corrected chi connectivity index (χ2v) is 7.93. The van der Waals surface area contributed by atoms with Gasteiger partial charge in [0.05, 0.1) is 35.5 Å². The molecule has 4 aromatic rings. The SMILES string of the molecule is O=C(c1ccc2nc(SCc3ccc4ccccc4n3)[nH]c2c1)N1CCOCC1. The van der Waals surface area contributed by atoms with Gasteiger partial charge in [-0.15, -0.1) is 0 Å². The van der Waals surface area contributed by atoms with E-state index < -0.39 is 0 Å². The Balaban J connectivity index is 1.32. The summed E-state index contributed by atoms with van der Waals surface area (Å²) in [4.78, 5) is 27.2. The van der Waals surface area contributed by atoms with E-state index >= 15 is 0 Å². The first-order valence-corrected chi connectivity index (χ1v) is 10.6. The van der Waals surface area contributed by atoms with E-state index in [1.165, 1.54) is 0 Å². The molecule has 1 N–H and O–H groups in total. The molecule has 3 heterocycles. The summed E-state index contributed by atoms with van der Waals surface area (Å²) in [5.74, 6) is 0.767. The van der Waals surface area contributed by atoms with Gasteiger partial charge in [0.2, 0.25) is 0 Å². The molecule has 0 unspecified atom stereocenters. The van der Waals surface area contributed by atoms with Gasteiger partial charge in [-0.1, -0.05) is 36.0 Å². The smallest absolute Gasteiger partial charge is 0.254 e. The molecule has 29 heavy (non-hydrogen) atoms. The van der Waals surface area contributed by atoms with Crippen LogP contribution in [0.3, 0.4) is 0 Å². The number of imidazole rings is 1. The molecule has 0 atom stereocenters. The topological polar surface area (TPSA) is 71.1 Å². The van der Waals surface area contributed by atoms with E-state index in [9.17, 15) is 4.79 Å². The molecule has 2 aromatic heterocycles. The average Bonchev–Trinajstić information content (AvgIpc) is 3.20.